The van der Waals surface area contributed by atoms with Crippen molar-refractivity contribution in [1.82, 2.24) is 10.9 Å². The monoisotopic (exact) mass is 372 g/mol. The van der Waals surface area contributed by atoms with Gasteiger partial charge in [-0.2, -0.15) is 13.2 Å². The first kappa shape index (κ1) is 19.6. The molecule has 142 valence electrons. The summed E-state index contributed by atoms with van der Waals surface area (Å²) in [6.07, 6.45) is -4.22. The van der Waals surface area contributed by atoms with E-state index in [1.165, 1.54) is 14.2 Å². The Hall–Kier alpha value is -2.71. The van der Waals surface area contributed by atoms with Crippen LogP contribution in [-0.2, 0) is 16.0 Å². The summed E-state index contributed by atoms with van der Waals surface area (Å²) in [6.45, 7) is 0. The van der Waals surface area contributed by atoms with Crippen molar-refractivity contribution in [2.45, 2.75) is 31.9 Å². The van der Waals surface area contributed by atoms with Crippen molar-refractivity contribution in [3.63, 3.8) is 0 Å². The molecule has 6 nitrogen and oxygen atoms in total. The van der Waals surface area contributed by atoms with E-state index in [4.69, 9.17) is 9.47 Å². The molecule has 0 fully saturated rings. The number of allylic oxidation sites excluding steroid dienone is 2. The number of ketones is 1. The van der Waals surface area contributed by atoms with Crippen LogP contribution in [0.15, 0.2) is 29.5 Å². The molecular formula is C17H19F3N2O4. The highest BCUT2D eigenvalue weighted by Gasteiger charge is 2.42. The van der Waals surface area contributed by atoms with Crippen molar-refractivity contribution in [3.8, 4) is 11.5 Å². The van der Waals surface area contributed by atoms with Crippen LogP contribution in [0.2, 0.25) is 0 Å². The molecule has 0 aromatic heterocycles. The standard InChI is InChI=1S/C17H19F3N2O4/c1-25-13-7-6-10(8-14(13)26-2)9-15(23)22-21-12-5-3-4-11(12)16(24)17(18,19)20/h6-8,21H,3-5,9H2,1-2H3,(H,22,23). The summed E-state index contributed by atoms with van der Waals surface area (Å²) >= 11 is 0. The van der Waals surface area contributed by atoms with Crippen LogP contribution in [0.1, 0.15) is 24.8 Å². The van der Waals surface area contributed by atoms with Crippen LogP contribution in [-0.4, -0.2) is 32.1 Å². The predicted octanol–water partition coefficient (Wildman–Crippen LogP) is 2.44. The van der Waals surface area contributed by atoms with Crippen LogP contribution in [0.4, 0.5) is 13.2 Å². The Kier molecular flexibility index (Phi) is 6.12. The minimum absolute atomic E-state index is 0.0246. The van der Waals surface area contributed by atoms with Crippen molar-refractivity contribution < 1.29 is 32.2 Å². The zero-order chi connectivity index (χ0) is 19.3. The van der Waals surface area contributed by atoms with E-state index >= 15 is 0 Å². The van der Waals surface area contributed by atoms with E-state index in [9.17, 15) is 22.8 Å². The maximum Gasteiger partial charge on any atom is 0.454 e. The number of hydrogen-bond donors (Lipinski definition) is 2. The van der Waals surface area contributed by atoms with Gasteiger partial charge in [-0.1, -0.05) is 6.07 Å². The highest BCUT2D eigenvalue weighted by Crippen LogP contribution is 2.31. The zero-order valence-electron chi connectivity index (χ0n) is 14.3. The molecule has 0 saturated heterocycles. The second-order valence-corrected chi connectivity index (χ2v) is 5.68. The normalized spacial score (nSPS) is 14.2. The number of benzene rings is 1. The van der Waals surface area contributed by atoms with Gasteiger partial charge >= 0.3 is 6.18 Å². The number of Topliss-reactive ketones (excluding diaryl/α,β-unsaturated/α-hetero) is 1. The Morgan fingerprint density at radius 2 is 1.81 bits per heavy atom. The van der Waals surface area contributed by atoms with Gasteiger partial charge in [-0.05, 0) is 37.0 Å². The van der Waals surface area contributed by atoms with Gasteiger partial charge in [-0.25, -0.2) is 0 Å². The number of ether oxygens (including phenoxy) is 2. The quantitative estimate of drug-likeness (QED) is 0.719. The van der Waals surface area contributed by atoms with E-state index in [-0.39, 0.29) is 30.5 Å². The number of rotatable bonds is 7. The number of methoxy groups -OCH3 is 2. The summed E-state index contributed by atoms with van der Waals surface area (Å²) in [6, 6.07) is 4.95. The highest BCUT2D eigenvalue weighted by atomic mass is 19.4. The number of alkyl halides is 3. The van der Waals surface area contributed by atoms with E-state index in [2.05, 4.69) is 10.9 Å². The molecule has 1 amide bonds. The number of hydrazine groups is 1. The van der Waals surface area contributed by atoms with Crippen LogP contribution in [0.25, 0.3) is 0 Å². The molecule has 1 aliphatic carbocycles. The number of carbonyl (C=O) groups excluding carboxylic acids is 2. The fourth-order valence-electron chi connectivity index (χ4n) is 2.67. The largest absolute Gasteiger partial charge is 0.493 e. The SMILES string of the molecule is COc1ccc(CC(=O)NNC2=C(C(=O)C(F)(F)F)CCC2)cc1OC. The second-order valence-electron chi connectivity index (χ2n) is 5.68. The number of carbonyl (C=O) groups is 2. The summed E-state index contributed by atoms with van der Waals surface area (Å²) in [4.78, 5) is 23.4. The summed E-state index contributed by atoms with van der Waals surface area (Å²) in [5.74, 6) is -1.36. The fraction of sp³-hybridized carbons (Fsp3) is 0.412. The molecule has 0 aliphatic heterocycles. The van der Waals surface area contributed by atoms with Gasteiger partial charge in [0.1, 0.15) is 0 Å². The Morgan fingerprint density at radius 3 is 2.42 bits per heavy atom. The predicted molar refractivity (Wildman–Crippen MR) is 86.5 cm³/mol. The molecule has 0 spiro atoms. The molecular weight excluding hydrogens is 353 g/mol. The van der Waals surface area contributed by atoms with E-state index in [1.54, 1.807) is 18.2 Å². The van der Waals surface area contributed by atoms with Crippen molar-refractivity contribution in [2.75, 3.05) is 14.2 Å². The van der Waals surface area contributed by atoms with Crippen LogP contribution in [0.5, 0.6) is 11.5 Å². The zero-order valence-corrected chi connectivity index (χ0v) is 14.3. The van der Waals surface area contributed by atoms with Crippen LogP contribution in [0, 0.1) is 0 Å². The lowest BCUT2D eigenvalue weighted by Crippen LogP contribution is -2.38. The Balaban J connectivity index is 1.99. The molecule has 9 heteroatoms. The van der Waals surface area contributed by atoms with E-state index < -0.39 is 17.9 Å². The van der Waals surface area contributed by atoms with Crippen LogP contribution < -0.4 is 20.3 Å². The topological polar surface area (TPSA) is 76.7 Å². The lowest BCUT2D eigenvalue weighted by Gasteiger charge is -2.13. The van der Waals surface area contributed by atoms with E-state index in [0.717, 1.165) is 0 Å². The Morgan fingerprint density at radius 1 is 1.12 bits per heavy atom. The van der Waals surface area contributed by atoms with Gasteiger partial charge in [-0.3, -0.25) is 15.0 Å². The third-order valence-electron chi connectivity index (χ3n) is 3.91. The minimum Gasteiger partial charge on any atom is -0.493 e. The Bertz CT molecular complexity index is 729. The number of halogens is 3. The van der Waals surface area contributed by atoms with Crippen LogP contribution >= 0.6 is 0 Å². The van der Waals surface area contributed by atoms with Gasteiger partial charge in [0.25, 0.3) is 5.78 Å². The number of nitrogens with one attached hydrogen (secondary N) is 2. The highest BCUT2D eigenvalue weighted by molar-refractivity contribution is 6.00. The fourth-order valence-corrected chi connectivity index (χ4v) is 2.67. The third kappa shape index (κ3) is 4.68. The Labute approximate surface area is 148 Å². The molecule has 0 radical (unpaired) electrons. The molecule has 0 saturated carbocycles. The summed E-state index contributed by atoms with van der Waals surface area (Å²) < 4.78 is 48.0. The maximum absolute atomic E-state index is 12.6. The lowest BCUT2D eigenvalue weighted by atomic mass is 10.1. The summed E-state index contributed by atoms with van der Waals surface area (Å²) in [5, 5.41) is 0. The molecule has 0 heterocycles. The smallest absolute Gasteiger partial charge is 0.454 e. The first-order valence-electron chi connectivity index (χ1n) is 7.85. The maximum atomic E-state index is 12.6. The molecule has 0 unspecified atom stereocenters. The first-order valence-corrected chi connectivity index (χ1v) is 7.85. The van der Waals surface area contributed by atoms with Gasteiger partial charge in [0.2, 0.25) is 5.91 Å². The summed E-state index contributed by atoms with van der Waals surface area (Å²) in [7, 11) is 2.96. The second kappa shape index (κ2) is 8.11. The van der Waals surface area contributed by atoms with Crippen molar-refractivity contribution in [1.29, 1.82) is 0 Å². The molecule has 0 bridgehead atoms. The van der Waals surface area contributed by atoms with Crippen LogP contribution in [0.3, 0.4) is 0 Å². The third-order valence-corrected chi connectivity index (χ3v) is 3.91. The first-order chi connectivity index (χ1) is 12.3. The van der Waals surface area contributed by atoms with Gasteiger partial charge in [0.15, 0.2) is 11.5 Å². The molecule has 0 atom stereocenters. The molecule has 26 heavy (non-hydrogen) atoms. The average Bonchev–Trinajstić information content (AvgIpc) is 3.06. The minimum atomic E-state index is -4.92. The van der Waals surface area contributed by atoms with E-state index in [0.29, 0.717) is 23.5 Å². The molecule has 1 aliphatic rings. The molecule has 1 aromatic carbocycles. The van der Waals surface area contributed by atoms with Crippen molar-refractivity contribution in [3.05, 3.63) is 35.0 Å². The van der Waals surface area contributed by atoms with Crippen molar-refractivity contribution >= 4 is 11.7 Å². The molecule has 2 N–H and O–H groups in total. The van der Waals surface area contributed by atoms with Gasteiger partial charge in [-0.15, -0.1) is 0 Å². The average molecular weight is 372 g/mol. The molecule has 1 aromatic rings. The van der Waals surface area contributed by atoms with E-state index in [1.807, 2.05) is 0 Å². The lowest BCUT2D eigenvalue weighted by molar-refractivity contribution is -0.166. The van der Waals surface area contributed by atoms with Gasteiger partial charge < -0.3 is 14.9 Å². The van der Waals surface area contributed by atoms with Gasteiger partial charge in [0, 0.05) is 11.3 Å². The van der Waals surface area contributed by atoms with Gasteiger partial charge in [0.05, 0.1) is 20.6 Å². The number of hydrogen-bond acceptors (Lipinski definition) is 5. The molecule has 2 rings (SSSR count). The summed E-state index contributed by atoms with van der Waals surface area (Å²) in [5.41, 5.74) is 5.20. The van der Waals surface area contributed by atoms with Crippen molar-refractivity contribution in [2.24, 2.45) is 0 Å². The number of amides is 1.